The first-order chi connectivity index (χ1) is 12.7. The minimum absolute atomic E-state index is 0.464. The van der Waals surface area contributed by atoms with Crippen molar-refractivity contribution in [3.63, 3.8) is 0 Å². The van der Waals surface area contributed by atoms with Crippen molar-refractivity contribution in [1.29, 1.82) is 0 Å². The van der Waals surface area contributed by atoms with Gasteiger partial charge in [0.05, 0.1) is 6.61 Å². The monoisotopic (exact) mass is 354 g/mol. The second-order valence-electron chi connectivity index (χ2n) is 6.62. The highest BCUT2D eigenvalue weighted by Gasteiger charge is 2.33. The fourth-order valence-corrected chi connectivity index (χ4v) is 3.00. The molecule has 3 nitrogen and oxygen atoms in total. The van der Waals surface area contributed by atoms with Gasteiger partial charge in [-0.25, -0.2) is 4.79 Å². The van der Waals surface area contributed by atoms with Gasteiger partial charge in [0.1, 0.15) is 0 Å². The Balaban J connectivity index is 1.92. The molecule has 0 saturated carbocycles. The normalized spacial score (nSPS) is 19.0. The van der Waals surface area contributed by atoms with Crippen LogP contribution in [0, 0.1) is 0 Å². The minimum Gasteiger partial charge on any atom is -0.426 e. The van der Waals surface area contributed by atoms with Crippen LogP contribution in [0.25, 0.3) is 5.57 Å². The molecule has 0 heterocycles. The molecule has 0 aromatic heterocycles. The van der Waals surface area contributed by atoms with Crippen LogP contribution in [-0.4, -0.2) is 18.4 Å². The quantitative estimate of drug-likeness (QED) is 0.217. The van der Waals surface area contributed by atoms with E-state index in [4.69, 9.17) is 9.47 Å². The molecule has 1 aromatic rings. The van der Waals surface area contributed by atoms with Crippen molar-refractivity contribution in [1.82, 2.24) is 0 Å². The van der Waals surface area contributed by atoms with Gasteiger partial charge in [0.2, 0.25) is 5.79 Å². The van der Waals surface area contributed by atoms with Gasteiger partial charge >= 0.3 is 5.97 Å². The molecule has 0 fully saturated rings. The Bertz CT molecular complexity index is 630. The molecule has 0 spiro atoms. The van der Waals surface area contributed by atoms with E-state index in [9.17, 15) is 4.79 Å². The number of carbonyl (C=O) groups excluding carboxylic acids is 1. The summed E-state index contributed by atoms with van der Waals surface area (Å²) in [5.41, 5.74) is 2.25. The predicted molar refractivity (Wildman–Crippen MR) is 107 cm³/mol. The van der Waals surface area contributed by atoms with Crippen molar-refractivity contribution < 1.29 is 14.3 Å². The maximum Gasteiger partial charge on any atom is 0.332 e. The molecular formula is C23H30O3. The van der Waals surface area contributed by atoms with E-state index in [2.05, 4.69) is 31.7 Å². The number of benzene rings is 1. The lowest BCUT2D eigenvalue weighted by Crippen LogP contribution is -2.37. The summed E-state index contributed by atoms with van der Waals surface area (Å²) >= 11 is 0. The molecule has 140 valence electrons. The van der Waals surface area contributed by atoms with Crippen molar-refractivity contribution in [3.05, 3.63) is 66.8 Å². The van der Waals surface area contributed by atoms with Crippen LogP contribution in [0.4, 0.5) is 0 Å². The van der Waals surface area contributed by atoms with Crippen molar-refractivity contribution in [3.8, 4) is 0 Å². The summed E-state index contributed by atoms with van der Waals surface area (Å²) in [4.78, 5) is 11.8. The average molecular weight is 354 g/mol. The maximum atomic E-state index is 11.8. The van der Waals surface area contributed by atoms with Gasteiger partial charge in [-0.1, -0.05) is 88.1 Å². The second kappa shape index (κ2) is 10.8. The van der Waals surface area contributed by atoms with E-state index in [0.717, 1.165) is 24.0 Å². The van der Waals surface area contributed by atoms with E-state index in [1.165, 1.54) is 31.8 Å². The average Bonchev–Trinajstić information content (AvgIpc) is 2.68. The summed E-state index contributed by atoms with van der Waals surface area (Å²) in [5.74, 6) is -1.48. The number of carbonyl (C=O) groups is 1. The third kappa shape index (κ3) is 6.30. The zero-order chi connectivity index (χ0) is 18.7. The van der Waals surface area contributed by atoms with E-state index in [0.29, 0.717) is 13.0 Å². The molecule has 0 bridgehead atoms. The lowest BCUT2D eigenvalue weighted by atomic mass is 9.96. The van der Waals surface area contributed by atoms with Gasteiger partial charge in [0, 0.05) is 12.5 Å². The van der Waals surface area contributed by atoms with Gasteiger partial charge in [-0.05, 0) is 23.6 Å². The number of rotatable bonds is 11. The Labute approximate surface area is 157 Å². The Morgan fingerprint density at radius 1 is 1.15 bits per heavy atom. The molecule has 2 rings (SSSR count). The molecule has 26 heavy (non-hydrogen) atoms. The van der Waals surface area contributed by atoms with E-state index >= 15 is 0 Å². The van der Waals surface area contributed by atoms with Crippen LogP contribution in [0.15, 0.2) is 61.2 Å². The second-order valence-corrected chi connectivity index (χ2v) is 6.62. The molecule has 1 unspecified atom stereocenters. The van der Waals surface area contributed by atoms with Crippen LogP contribution in [0.2, 0.25) is 0 Å². The Morgan fingerprint density at radius 2 is 1.88 bits per heavy atom. The van der Waals surface area contributed by atoms with Crippen LogP contribution >= 0.6 is 0 Å². The lowest BCUT2D eigenvalue weighted by Gasteiger charge is -2.31. The van der Waals surface area contributed by atoms with Crippen molar-refractivity contribution in [2.75, 3.05) is 6.61 Å². The van der Waals surface area contributed by atoms with E-state index in [-0.39, 0.29) is 0 Å². The SMILES string of the molecule is C=CC(=O)OC1(OCCCCCCCC)C=CC(c2ccccc2)=CC1. The molecule has 0 amide bonds. The van der Waals surface area contributed by atoms with Crippen LogP contribution in [-0.2, 0) is 14.3 Å². The van der Waals surface area contributed by atoms with Crippen LogP contribution < -0.4 is 0 Å². The lowest BCUT2D eigenvalue weighted by molar-refractivity contribution is -0.204. The van der Waals surface area contributed by atoms with Crippen LogP contribution in [0.1, 0.15) is 57.4 Å². The number of hydrogen-bond donors (Lipinski definition) is 0. The van der Waals surface area contributed by atoms with Gasteiger partial charge in [-0.3, -0.25) is 0 Å². The molecule has 1 aliphatic rings. The van der Waals surface area contributed by atoms with Gasteiger partial charge in [0.25, 0.3) is 0 Å². The summed E-state index contributed by atoms with van der Waals surface area (Å²) in [5, 5.41) is 0. The topological polar surface area (TPSA) is 35.5 Å². The summed E-state index contributed by atoms with van der Waals surface area (Å²) in [6.07, 6.45) is 14.7. The molecule has 0 saturated heterocycles. The molecule has 1 aromatic carbocycles. The largest absolute Gasteiger partial charge is 0.426 e. The highest BCUT2D eigenvalue weighted by atomic mass is 16.7. The molecule has 0 aliphatic heterocycles. The first kappa shape index (κ1) is 20.2. The molecular weight excluding hydrogens is 324 g/mol. The van der Waals surface area contributed by atoms with Gasteiger partial charge in [-0.15, -0.1) is 0 Å². The van der Waals surface area contributed by atoms with Gasteiger partial charge in [0.15, 0.2) is 0 Å². The zero-order valence-electron chi connectivity index (χ0n) is 15.8. The fraction of sp³-hybridized carbons (Fsp3) is 0.435. The highest BCUT2D eigenvalue weighted by molar-refractivity contribution is 5.82. The summed E-state index contributed by atoms with van der Waals surface area (Å²) in [6, 6.07) is 10.2. The van der Waals surface area contributed by atoms with E-state index in [1.807, 2.05) is 30.4 Å². The van der Waals surface area contributed by atoms with E-state index in [1.54, 1.807) is 0 Å². The fourth-order valence-electron chi connectivity index (χ4n) is 3.00. The third-order valence-electron chi connectivity index (χ3n) is 4.51. The summed E-state index contributed by atoms with van der Waals surface area (Å²) < 4.78 is 11.6. The molecule has 1 atom stereocenters. The minimum atomic E-state index is -1.02. The zero-order valence-corrected chi connectivity index (χ0v) is 15.8. The Hall–Kier alpha value is -2.13. The smallest absolute Gasteiger partial charge is 0.332 e. The van der Waals surface area contributed by atoms with Gasteiger partial charge < -0.3 is 9.47 Å². The third-order valence-corrected chi connectivity index (χ3v) is 4.51. The standard InChI is InChI=1S/C23H30O3/c1-3-5-6-7-8-12-19-25-23(26-22(24)4-2)17-15-21(16-18-23)20-13-10-9-11-14-20/h4,9-11,13-17H,2-3,5-8,12,18-19H2,1H3. The summed E-state index contributed by atoms with van der Waals surface area (Å²) in [7, 11) is 0. The number of unbranched alkanes of at least 4 members (excludes halogenated alkanes) is 5. The number of allylic oxidation sites excluding steroid dienone is 2. The first-order valence-electron chi connectivity index (χ1n) is 9.63. The maximum absolute atomic E-state index is 11.8. The van der Waals surface area contributed by atoms with Crippen LogP contribution in [0.5, 0.6) is 0 Å². The molecule has 3 heteroatoms. The van der Waals surface area contributed by atoms with Crippen LogP contribution in [0.3, 0.4) is 0 Å². The summed E-state index contributed by atoms with van der Waals surface area (Å²) in [6.45, 7) is 6.28. The van der Waals surface area contributed by atoms with Crippen molar-refractivity contribution in [2.45, 2.75) is 57.7 Å². The molecule has 0 N–H and O–H groups in total. The Morgan fingerprint density at radius 3 is 2.54 bits per heavy atom. The molecule has 1 aliphatic carbocycles. The predicted octanol–water partition coefficient (Wildman–Crippen LogP) is 5.83. The van der Waals surface area contributed by atoms with Gasteiger partial charge in [-0.2, -0.15) is 0 Å². The number of esters is 1. The number of hydrogen-bond acceptors (Lipinski definition) is 3. The highest BCUT2D eigenvalue weighted by Crippen LogP contribution is 2.31. The van der Waals surface area contributed by atoms with E-state index < -0.39 is 11.8 Å². The Kier molecular flexibility index (Phi) is 8.36. The first-order valence-corrected chi connectivity index (χ1v) is 9.63. The molecule has 0 radical (unpaired) electrons. The van der Waals surface area contributed by atoms with Crippen molar-refractivity contribution >= 4 is 11.5 Å². The number of ether oxygens (including phenoxy) is 2. The van der Waals surface area contributed by atoms with Crippen molar-refractivity contribution in [2.24, 2.45) is 0 Å².